The first-order valence-electron chi connectivity index (χ1n) is 14.7. The molecule has 9 unspecified atom stereocenters. The van der Waals surface area contributed by atoms with Crippen LogP contribution < -0.4 is 0 Å². The SMILES string of the molecule is CC(C)(O)C1CCC(C)(C(O)CCC(O)(CO)C2=CCC3OC(C4(C)CCC(Br)C(C)(C)O4)CCC3(C)O2)O1. The van der Waals surface area contributed by atoms with Crippen molar-refractivity contribution in [3.8, 4) is 0 Å². The van der Waals surface area contributed by atoms with Crippen molar-refractivity contribution < 1.29 is 39.4 Å². The third-order valence-electron chi connectivity index (χ3n) is 9.96. The molecule has 0 aromatic carbocycles. The lowest BCUT2D eigenvalue weighted by Crippen LogP contribution is -2.61. The van der Waals surface area contributed by atoms with Gasteiger partial charge in [-0.2, -0.15) is 0 Å². The molecule has 0 spiro atoms. The summed E-state index contributed by atoms with van der Waals surface area (Å²) in [6, 6.07) is 0. The van der Waals surface area contributed by atoms with E-state index in [0.29, 0.717) is 29.8 Å². The summed E-state index contributed by atoms with van der Waals surface area (Å²) in [6.45, 7) is 13.1. The van der Waals surface area contributed by atoms with Crippen LogP contribution in [0.25, 0.3) is 0 Å². The zero-order chi connectivity index (χ0) is 29.1. The van der Waals surface area contributed by atoms with Crippen molar-refractivity contribution in [2.45, 2.75) is 169 Å². The fraction of sp³-hybridized carbons (Fsp3) is 0.933. The second kappa shape index (κ2) is 10.8. The Kier molecular flexibility index (Phi) is 8.75. The minimum Gasteiger partial charge on any atom is -0.486 e. The summed E-state index contributed by atoms with van der Waals surface area (Å²) in [5.41, 5.74) is -4.75. The Morgan fingerprint density at radius 1 is 1.00 bits per heavy atom. The third-order valence-corrected chi connectivity index (χ3v) is 11.5. The van der Waals surface area contributed by atoms with E-state index in [2.05, 4.69) is 36.7 Å². The summed E-state index contributed by atoms with van der Waals surface area (Å²) in [6.07, 6.45) is 5.93. The molecule has 0 aromatic rings. The number of aliphatic hydroxyl groups excluding tert-OH is 2. The summed E-state index contributed by atoms with van der Waals surface area (Å²) < 4.78 is 25.8. The molecule has 4 aliphatic rings. The maximum Gasteiger partial charge on any atom is 0.144 e. The average molecular weight is 620 g/mol. The minimum atomic E-state index is -1.62. The highest BCUT2D eigenvalue weighted by Gasteiger charge is 2.55. The molecule has 0 saturated carbocycles. The van der Waals surface area contributed by atoms with E-state index < -0.39 is 35.1 Å². The predicted molar refractivity (Wildman–Crippen MR) is 152 cm³/mol. The molecule has 4 N–H and O–H groups in total. The Balaban J connectivity index is 1.40. The molecular formula is C30H51BrO8. The lowest BCUT2D eigenvalue weighted by atomic mass is 9.77. The summed E-state index contributed by atoms with van der Waals surface area (Å²) >= 11 is 3.76. The van der Waals surface area contributed by atoms with Crippen molar-refractivity contribution >= 4 is 15.9 Å². The van der Waals surface area contributed by atoms with Crippen LogP contribution in [-0.2, 0) is 18.9 Å². The largest absolute Gasteiger partial charge is 0.486 e. The quantitative estimate of drug-likeness (QED) is 0.298. The second-order valence-electron chi connectivity index (χ2n) is 14.3. The van der Waals surface area contributed by atoms with Gasteiger partial charge in [0.25, 0.3) is 0 Å². The Morgan fingerprint density at radius 3 is 2.26 bits per heavy atom. The number of hydrogen-bond acceptors (Lipinski definition) is 8. The molecule has 9 atom stereocenters. The van der Waals surface area contributed by atoms with Gasteiger partial charge in [-0.05, 0) is 112 Å². The van der Waals surface area contributed by atoms with Crippen LogP contribution in [0.4, 0.5) is 0 Å². The van der Waals surface area contributed by atoms with Crippen LogP contribution in [0.5, 0.6) is 0 Å². The van der Waals surface area contributed by atoms with Gasteiger partial charge in [-0.1, -0.05) is 15.9 Å². The van der Waals surface area contributed by atoms with Crippen molar-refractivity contribution in [3.63, 3.8) is 0 Å². The van der Waals surface area contributed by atoms with Crippen LogP contribution in [0.1, 0.15) is 106 Å². The van der Waals surface area contributed by atoms with Crippen molar-refractivity contribution in [3.05, 3.63) is 11.8 Å². The number of hydrogen-bond donors (Lipinski definition) is 4. The van der Waals surface area contributed by atoms with Gasteiger partial charge in [-0.3, -0.25) is 0 Å². The van der Waals surface area contributed by atoms with Gasteiger partial charge in [0.05, 0.1) is 47.3 Å². The normalized spacial score (nSPS) is 43.1. The molecule has 4 heterocycles. The van der Waals surface area contributed by atoms with Crippen molar-refractivity contribution in [1.82, 2.24) is 0 Å². The van der Waals surface area contributed by atoms with Gasteiger partial charge in [-0.15, -0.1) is 0 Å². The van der Waals surface area contributed by atoms with Gasteiger partial charge < -0.3 is 39.4 Å². The third kappa shape index (κ3) is 6.26. The van der Waals surface area contributed by atoms with Crippen LogP contribution in [0.3, 0.4) is 0 Å². The summed E-state index contributed by atoms with van der Waals surface area (Å²) in [4.78, 5) is 0.302. The van der Waals surface area contributed by atoms with E-state index in [9.17, 15) is 20.4 Å². The maximum atomic E-state index is 11.5. The molecule has 0 radical (unpaired) electrons. The summed E-state index contributed by atoms with van der Waals surface area (Å²) in [7, 11) is 0. The molecule has 39 heavy (non-hydrogen) atoms. The van der Waals surface area contributed by atoms with Crippen LogP contribution in [-0.4, -0.2) is 89.9 Å². The van der Waals surface area contributed by atoms with Crippen LogP contribution in [0.2, 0.25) is 0 Å². The number of ether oxygens (including phenoxy) is 4. The van der Waals surface area contributed by atoms with Gasteiger partial charge in [0.2, 0.25) is 0 Å². The highest BCUT2D eigenvalue weighted by Crippen LogP contribution is 2.49. The van der Waals surface area contributed by atoms with Gasteiger partial charge >= 0.3 is 0 Å². The number of alkyl halides is 1. The van der Waals surface area contributed by atoms with E-state index in [-0.39, 0.29) is 42.4 Å². The molecule has 4 rings (SSSR count). The monoisotopic (exact) mass is 618 g/mol. The van der Waals surface area contributed by atoms with Gasteiger partial charge in [0, 0.05) is 4.83 Å². The van der Waals surface area contributed by atoms with Crippen molar-refractivity contribution in [1.29, 1.82) is 0 Å². The maximum absolute atomic E-state index is 11.5. The zero-order valence-corrected chi connectivity index (χ0v) is 26.4. The smallest absolute Gasteiger partial charge is 0.144 e. The van der Waals surface area contributed by atoms with E-state index >= 15 is 0 Å². The fourth-order valence-corrected chi connectivity index (χ4v) is 7.24. The Morgan fingerprint density at radius 2 is 1.67 bits per heavy atom. The number of fused-ring (bicyclic) bond motifs is 1. The molecule has 0 bridgehead atoms. The standard InChI is InChI=1S/C30H51BrO8/c1-25(2,34)21-12-15-27(5,37-21)20(33)11-17-30(35,18-32)24-9-8-22-28(6,38-24)16-13-23(36-22)29(7)14-10-19(31)26(3,4)39-29/h9,19-23,32-35H,8,10-18H2,1-7H3. The fourth-order valence-electron chi connectivity index (χ4n) is 6.92. The Bertz CT molecular complexity index is 919. The lowest BCUT2D eigenvalue weighted by Gasteiger charge is -2.55. The predicted octanol–water partition coefficient (Wildman–Crippen LogP) is 4.28. The first-order valence-corrected chi connectivity index (χ1v) is 15.6. The second-order valence-corrected chi connectivity index (χ2v) is 15.4. The van der Waals surface area contributed by atoms with Crippen LogP contribution >= 0.6 is 15.9 Å². The molecule has 9 heteroatoms. The number of halogens is 1. The number of aliphatic hydroxyl groups is 4. The summed E-state index contributed by atoms with van der Waals surface area (Å²) in [5, 5.41) is 43.1. The Labute approximate surface area is 242 Å². The van der Waals surface area contributed by atoms with Gasteiger partial charge in [0.1, 0.15) is 23.1 Å². The van der Waals surface area contributed by atoms with Gasteiger partial charge in [-0.25, -0.2) is 0 Å². The first kappa shape index (κ1) is 31.7. The zero-order valence-electron chi connectivity index (χ0n) is 24.8. The molecule has 226 valence electrons. The van der Waals surface area contributed by atoms with Gasteiger partial charge in [0.15, 0.2) is 0 Å². The molecule has 0 aromatic heterocycles. The van der Waals surface area contributed by atoms with Crippen LogP contribution in [0.15, 0.2) is 11.8 Å². The molecule has 0 aliphatic carbocycles. The topological polar surface area (TPSA) is 118 Å². The molecule has 4 aliphatic heterocycles. The minimum absolute atomic E-state index is 0.0554. The molecule has 8 nitrogen and oxygen atoms in total. The molecule has 0 amide bonds. The summed E-state index contributed by atoms with van der Waals surface area (Å²) in [5.74, 6) is 0.341. The van der Waals surface area contributed by atoms with E-state index in [1.807, 2.05) is 19.9 Å². The molecule has 3 fully saturated rings. The van der Waals surface area contributed by atoms with Crippen molar-refractivity contribution in [2.75, 3.05) is 6.61 Å². The average Bonchev–Trinajstić information content (AvgIpc) is 3.27. The van der Waals surface area contributed by atoms with Crippen LogP contribution in [0, 0.1) is 0 Å². The van der Waals surface area contributed by atoms with E-state index in [1.54, 1.807) is 13.8 Å². The highest BCUT2D eigenvalue weighted by atomic mass is 79.9. The van der Waals surface area contributed by atoms with E-state index in [4.69, 9.17) is 18.9 Å². The highest BCUT2D eigenvalue weighted by molar-refractivity contribution is 9.09. The number of rotatable bonds is 8. The molecule has 3 saturated heterocycles. The van der Waals surface area contributed by atoms with E-state index in [1.165, 1.54) is 0 Å². The Hall–Kier alpha value is -0.260. The lowest BCUT2D eigenvalue weighted by molar-refractivity contribution is -0.269. The van der Waals surface area contributed by atoms with Crippen molar-refractivity contribution in [2.24, 2.45) is 0 Å². The molecular weight excluding hydrogens is 568 g/mol. The van der Waals surface area contributed by atoms with E-state index in [0.717, 1.165) is 25.7 Å². The first-order chi connectivity index (χ1) is 17.9.